The average Bonchev–Trinajstić information content (AvgIpc) is 3.88. The summed E-state index contributed by atoms with van der Waals surface area (Å²) in [6.45, 7) is 1.17. The molecular weight excluding hydrogens is 981 g/mol. The summed E-state index contributed by atoms with van der Waals surface area (Å²) in [5, 5.41) is 37.7. The van der Waals surface area contributed by atoms with Gasteiger partial charge in [0, 0.05) is 26.1 Å². The van der Waals surface area contributed by atoms with E-state index in [1.807, 2.05) is 0 Å². The lowest BCUT2D eigenvalue weighted by atomic mass is 10.0. The second kappa shape index (κ2) is 34.5. The number of hydrogen-bond acceptors (Lipinski definition) is 17. The number of aliphatic imine (C=N–C) groups is 1. The van der Waals surface area contributed by atoms with Crippen molar-refractivity contribution in [3.63, 3.8) is 0 Å². The molecule has 1 heterocycles. The fourth-order valence-corrected chi connectivity index (χ4v) is 7.75. The van der Waals surface area contributed by atoms with E-state index in [1.165, 1.54) is 25.0 Å². The van der Waals surface area contributed by atoms with Crippen LogP contribution in [0.1, 0.15) is 83.1 Å². The summed E-state index contributed by atoms with van der Waals surface area (Å²) in [5.74, 6) is -7.54. The summed E-state index contributed by atoms with van der Waals surface area (Å²) in [7, 11) is 1.45. The zero-order chi connectivity index (χ0) is 56.0. The van der Waals surface area contributed by atoms with E-state index in [-0.39, 0.29) is 77.1 Å². The van der Waals surface area contributed by atoms with E-state index in [1.54, 1.807) is 24.3 Å². The largest absolute Gasteiger partial charge is 0.497 e. The Morgan fingerprint density at radius 3 is 2.09 bits per heavy atom. The molecule has 75 heavy (non-hydrogen) atoms. The number of unbranched alkanes of at least 4 members (excludes halogenated alkanes) is 2. The Kier molecular flexibility index (Phi) is 29.5. The van der Waals surface area contributed by atoms with Crippen LogP contribution in [0.5, 0.6) is 5.75 Å². The number of hydrogen-bond donors (Lipinski definition) is 16. The average molecular weight is 1060 g/mol. The highest BCUT2D eigenvalue weighted by molar-refractivity contribution is 5.99. The van der Waals surface area contributed by atoms with E-state index >= 15 is 0 Å². The Labute approximate surface area is 436 Å². The molecule has 0 saturated carbocycles. The minimum absolute atomic E-state index is 0.0392. The Hall–Kier alpha value is -6.98. The van der Waals surface area contributed by atoms with Crippen molar-refractivity contribution in [2.75, 3.05) is 52.9 Å². The number of nitrogens with zero attached hydrogens (tertiary/aromatic N) is 2. The molecule has 2 rings (SSSR count). The lowest BCUT2D eigenvalue weighted by Gasteiger charge is -2.30. The topological polar surface area (TPSA) is 485 Å². The van der Waals surface area contributed by atoms with Crippen molar-refractivity contribution in [2.24, 2.45) is 45.1 Å². The number of aliphatic hydroxyl groups is 1. The summed E-state index contributed by atoms with van der Waals surface area (Å²) in [6, 6.07) is -2.14. The van der Waals surface area contributed by atoms with E-state index in [4.69, 9.17) is 44.9 Å². The molecule has 1 fully saturated rings. The Morgan fingerprint density at radius 1 is 0.800 bits per heavy atom. The van der Waals surface area contributed by atoms with Crippen LogP contribution >= 0.6 is 0 Å². The van der Waals surface area contributed by atoms with E-state index < -0.39 is 120 Å². The van der Waals surface area contributed by atoms with Crippen molar-refractivity contribution >= 4 is 59.2 Å². The lowest BCUT2D eigenvalue weighted by Crippen LogP contribution is -2.60. The number of carbonyl (C=O) groups excluding carboxylic acids is 8. The summed E-state index contributed by atoms with van der Waals surface area (Å²) < 4.78 is 5.36. The molecule has 0 bridgehead atoms. The van der Waals surface area contributed by atoms with Crippen LogP contribution in [0.4, 0.5) is 0 Å². The Bertz CT molecular complexity index is 2130. The Morgan fingerprint density at radius 2 is 1.47 bits per heavy atom. The first kappa shape index (κ1) is 64.1. The number of benzene rings is 1. The third kappa shape index (κ3) is 23.0. The molecule has 1 aliphatic rings. The van der Waals surface area contributed by atoms with Gasteiger partial charge in [0.1, 0.15) is 47.7 Å². The zero-order valence-electron chi connectivity index (χ0n) is 42.9. The number of aliphatic hydroxyl groups excluding tert-OH is 1. The number of nitrogens with one attached hydrogen (secondary N) is 7. The number of rotatable bonds is 35. The molecule has 28 heteroatoms. The second-order valence-corrected chi connectivity index (χ2v) is 17.8. The van der Waals surface area contributed by atoms with Crippen molar-refractivity contribution in [2.45, 2.75) is 132 Å². The monoisotopic (exact) mass is 1060 g/mol. The van der Waals surface area contributed by atoms with Crippen LogP contribution in [0, 0.1) is 0 Å². The third-order valence-corrected chi connectivity index (χ3v) is 11.9. The standard InChI is InChI=1S/C47H80N16O12/c1-27(57-44(71)38(36(64)25-51)62-40(67)30(52)13-3-5-18-48)39(66)56-26-37(65)58-32(15-8-20-50)45(72)63-22-10-17-35(63)43(70)61-34(24-28-11-7-12-29(23-28)75-2)42(69)59-31(14-4-6-19-49)41(68)60-33(46(73)74)16-9-21-55-47(53)54/h7,11-12,16,23,27,30-32,34-36,38,64H,3-6,8-10,13-15,17-22,24-26,48-52H2,1-2H3,(H,56,66)(H,57,71)(H,58,65)(H,59,69)(H,60,68)(H,61,70)(H,62,67)(H,73,74)(H4,53,54,55)/b33-16-/t27-,30-,31-,32+,34?,35-,36-,38-/m0/s1. The normalized spacial score (nSPS) is 16.1. The third-order valence-electron chi connectivity index (χ3n) is 11.9. The van der Waals surface area contributed by atoms with Gasteiger partial charge in [-0.2, -0.15) is 0 Å². The van der Waals surface area contributed by atoms with Gasteiger partial charge < -0.3 is 97.2 Å². The van der Waals surface area contributed by atoms with Crippen LogP contribution in [0.3, 0.4) is 0 Å². The maximum Gasteiger partial charge on any atom is 0.352 e. The number of methoxy groups -OCH3 is 1. The molecule has 23 N–H and O–H groups in total. The molecule has 1 aliphatic heterocycles. The number of aliphatic carboxylic acids is 1. The van der Waals surface area contributed by atoms with Gasteiger partial charge >= 0.3 is 5.97 Å². The number of ether oxygens (including phenoxy) is 1. The van der Waals surface area contributed by atoms with Gasteiger partial charge in [-0.3, -0.25) is 43.3 Å². The quantitative estimate of drug-likeness (QED) is 0.0130. The first-order valence-corrected chi connectivity index (χ1v) is 25.0. The predicted molar refractivity (Wildman–Crippen MR) is 276 cm³/mol. The van der Waals surface area contributed by atoms with E-state index in [0.717, 1.165) is 0 Å². The molecular formula is C47H80N16O12. The maximum absolute atomic E-state index is 14.3. The summed E-state index contributed by atoms with van der Waals surface area (Å²) in [6.07, 6.45) is 2.80. The molecule has 0 spiro atoms. The summed E-state index contributed by atoms with van der Waals surface area (Å²) in [5.41, 5.74) is 39.2. The minimum Gasteiger partial charge on any atom is -0.497 e. The number of amides is 8. The number of carboxylic acids is 1. The van der Waals surface area contributed by atoms with Crippen LogP contribution in [0.2, 0.25) is 0 Å². The molecule has 1 aromatic rings. The predicted octanol–water partition coefficient (Wildman–Crippen LogP) is -5.82. The molecule has 1 saturated heterocycles. The first-order valence-electron chi connectivity index (χ1n) is 25.0. The number of likely N-dealkylation sites (tertiary alicyclic amines) is 1. The molecule has 0 aromatic heterocycles. The van der Waals surface area contributed by atoms with Gasteiger partial charge in [-0.25, -0.2) is 4.79 Å². The smallest absolute Gasteiger partial charge is 0.352 e. The molecule has 8 amide bonds. The number of nitrogens with two attached hydrogens (primary N) is 7. The van der Waals surface area contributed by atoms with Crippen molar-refractivity contribution in [3.05, 3.63) is 41.6 Å². The van der Waals surface area contributed by atoms with Crippen LogP contribution in [0.25, 0.3) is 0 Å². The van der Waals surface area contributed by atoms with Gasteiger partial charge in [-0.1, -0.05) is 24.6 Å². The maximum atomic E-state index is 14.3. The van der Waals surface area contributed by atoms with Crippen molar-refractivity contribution in [1.29, 1.82) is 0 Å². The Balaban J connectivity index is 2.28. The van der Waals surface area contributed by atoms with Crippen LogP contribution in [-0.2, 0) is 49.6 Å². The molecule has 0 aliphatic carbocycles. The van der Waals surface area contributed by atoms with E-state index in [2.05, 4.69) is 42.2 Å². The molecule has 420 valence electrons. The summed E-state index contributed by atoms with van der Waals surface area (Å²) in [4.78, 5) is 126. The van der Waals surface area contributed by atoms with Gasteiger partial charge in [0.15, 0.2) is 5.96 Å². The van der Waals surface area contributed by atoms with E-state index in [0.29, 0.717) is 50.0 Å². The van der Waals surface area contributed by atoms with Crippen molar-refractivity contribution in [3.8, 4) is 5.75 Å². The molecule has 1 aromatic carbocycles. The molecule has 8 atom stereocenters. The zero-order valence-corrected chi connectivity index (χ0v) is 42.9. The van der Waals surface area contributed by atoms with E-state index in [9.17, 15) is 53.4 Å². The number of carboxylic acid groups (broad SMARTS) is 1. The van der Waals surface area contributed by atoms with Gasteiger partial charge in [0.25, 0.3) is 0 Å². The van der Waals surface area contributed by atoms with Gasteiger partial charge in [0.05, 0.1) is 25.8 Å². The molecule has 0 radical (unpaired) electrons. The van der Waals surface area contributed by atoms with Gasteiger partial charge in [-0.15, -0.1) is 0 Å². The number of carbonyl (C=O) groups is 9. The number of guanidine groups is 1. The molecule has 28 nitrogen and oxygen atoms in total. The van der Waals surface area contributed by atoms with Crippen molar-refractivity contribution in [1.82, 2.24) is 42.1 Å². The SMILES string of the molecule is COc1cccc(CC(NC(=O)[C@@H]2CCCN2C(=O)[C@@H](CCCN)NC(=O)CNC(=O)[C@H](C)NC(=O)[C@@H](NC(=O)[C@@H](N)CCCCN)[C@@H](O)CN)C(=O)N[C@@H](CCCCN)C(=O)N/C(=C\CCN=C(N)N)C(=O)O)c1. The lowest BCUT2D eigenvalue weighted by molar-refractivity contribution is -0.142. The first-order chi connectivity index (χ1) is 35.7. The summed E-state index contributed by atoms with van der Waals surface area (Å²) >= 11 is 0. The van der Waals surface area contributed by atoms with Crippen LogP contribution < -0.4 is 82.1 Å². The highest BCUT2D eigenvalue weighted by Gasteiger charge is 2.39. The van der Waals surface area contributed by atoms with Gasteiger partial charge in [0.2, 0.25) is 47.3 Å². The highest BCUT2D eigenvalue weighted by Crippen LogP contribution is 2.21. The molecule has 1 unspecified atom stereocenters. The highest BCUT2D eigenvalue weighted by atomic mass is 16.5. The fourth-order valence-electron chi connectivity index (χ4n) is 7.75. The van der Waals surface area contributed by atoms with Crippen LogP contribution in [-0.4, -0.2) is 176 Å². The minimum atomic E-state index is -1.57. The fraction of sp³-hybridized carbons (Fsp3) is 0.617. The second-order valence-electron chi connectivity index (χ2n) is 17.8. The van der Waals surface area contributed by atoms with Crippen LogP contribution in [0.15, 0.2) is 41.0 Å². The van der Waals surface area contributed by atoms with Crippen molar-refractivity contribution < 1.29 is 58.1 Å². The van der Waals surface area contributed by atoms with Gasteiger partial charge in [-0.05, 0) is 108 Å².